The predicted octanol–water partition coefficient (Wildman–Crippen LogP) is 4.36. The van der Waals surface area contributed by atoms with Gasteiger partial charge in [0.2, 0.25) is 0 Å². The molecule has 0 atom stereocenters. The first-order valence-electron chi connectivity index (χ1n) is 10.2. The number of hydrogen-bond donors (Lipinski definition) is 1. The lowest BCUT2D eigenvalue weighted by Crippen LogP contribution is -2.30. The molecule has 1 N–H and O–H groups in total. The number of rotatable bonds is 7. The Bertz CT molecular complexity index is 1440. The van der Waals surface area contributed by atoms with Crippen molar-refractivity contribution in [1.29, 1.82) is 0 Å². The molecule has 2 aromatic heterocycles. The van der Waals surface area contributed by atoms with Crippen LogP contribution in [0.25, 0.3) is 21.3 Å². The molecule has 0 aliphatic rings. The third-order valence-electron chi connectivity index (χ3n) is 5.10. The number of carbonyl (C=O) groups is 1. The van der Waals surface area contributed by atoms with Gasteiger partial charge in [0, 0.05) is 10.9 Å². The third-order valence-corrected chi connectivity index (χ3v) is 6.57. The highest BCUT2D eigenvalue weighted by Gasteiger charge is 2.15. The average molecular weight is 541 g/mol. The van der Waals surface area contributed by atoms with Crippen molar-refractivity contribution in [3.8, 4) is 22.6 Å². The van der Waals surface area contributed by atoms with E-state index in [1.165, 1.54) is 35.6 Å². The molecule has 0 bridgehead atoms. The maximum Gasteiger partial charge on any atom is 0.263 e. The zero-order valence-corrected chi connectivity index (χ0v) is 21.1. The van der Waals surface area contributed by atoms with E-state index < -0.39 is 5.91 Å². The Balaban J connectivity index is 1.52. The molecular formula is C24H21BrN4O4S. The van der Waals surface area contributed by atoms with Gasteiger partial charge in [0.25, 0.3) is 11.5 Å². The Morgan fingerprint density at radius 3 is 2.71 bits per heavy atom. The molecule has 4 rings (SSSR count). The van der Waals surface area contributed by atoms with Gasteiger partial charge in [-0.3, -0.25) is 14.2 Å². The molecule has 10 heteroatoms. The minimum absolute atomic E-state index is 0.210. The van der Waals surface area contributed by atoms with Crippen molar-refractivity contribution >= 4 is 49.6 Å². The summed E-state index contributed by atoms with van der Waals surface area (Å²) in [4.78, 5) is 30.6. The number of ether oxygens (including phenoxy) is 2. The van der Waals surface area contributed by atoms with Crippen molar-refractivity contribution in [2.75, 3.05) is 14.2 Å². The Morgan fingerprint density at radius 1 is 1.24 bits per heavy atom. The Labute approximate surface area is 208 Å². The lowest BCUT2D eigenvalue weighted by atomic mass is 10.1. The minimum Gasteiger partial charge on any atom is -0.493 e. The fourth-order valence-corrected chi connectivity index (χ4v) is 4.94. The van der Waals surface area contributed by atoms with Crippen LogP contribution >= 0.6 is 27.3 Å². The van der Waals surface area contributed by atoms with Crippen molar-refractivity contribution < 1.29 is 14.3 Å². The molecule has 2 heterocycles. The fourth-order valence-electron chi connectivity index (χ4n) is 3.41. The van der Waals surface area contributed by atoms with Crippen LogP contribution in [-0.2, 0) is 11.3 Å². The summed E-state index contributed by atoms with van der Waals surface area (Å²) in [5.41, 5.74) is 5.74. The molecule has 8 nitrogen and oxygen atoms in total. The summed E-state index contributed by atoms with van der Waals surface area (Å²) in [7, 11) is 3.08. The number of hydrogen-bond acceptors (Lipinski definition) is 7. The largest absolute Gasteiger partial charge is 0.493 e. The molecule has 0 radical (unpaired) electrons. The number of halogens is 1. The molecule has 2 aromatic carbocycles. The van der Waals surface area contributed by atoms with E-state index in [0.29, 0.717) is 31.8 Å². The van der Waals surface area contributed by atoms with E-state index in [1.807, 2.05) is 36.6 Å². The molecule has 0 fully saturated rings. The van der Waals surface area contributed by atoms with Crippen LogP contribution < -0.4 is 20.5 Å². The van der Waals surface area contributed by atoms with Crippen molar-refractivity contribution in [1.82, 2.24) is 15.0 Å². The molecule has 4 aromatic rings. The summed E-state index contributed by atoms with van der Waals surface area (Å²) < 4.78 is 12.6. The molecule has 1 amide bonds. The van der Waals surface area contributed by atoms with Gasteiger partial charge in [-0.25, -0.2) is 10.4 Å². The van der Waals surface area contributed by atoms with E-state index in [4.69, 9.17) is 9.47 Å². The van der Waals surface area contributed by atoms with Gasteiger partial charge in [-0.1, -0.05) is 29.8 Å². The lowest BCUT2D eigenvalue weighted by molar-refractivity contribution is -0.121. The number of amides is 1. The summed E-state index contributed by atoms with van der Waals surface area (Å²) in [5.74, 6) is 0.631. The van der Waals surface area contributed by atoms with Crippen LogP contribution in [0.15, 0.2) is 62.5 Å². The SMILES string of the molecule is COc1cc(/C=N/NC(=O)Cn2cnc3scc(-c4ccc(C)cc4)c3c2=O)cc(Br)c1OC. The number of methoxy groups -OCH3 is 2. The number of aromatic nitrogens is 2. The first kappa shape index (κ1) is 23.7. The van der Waals surface area contributed by atoms with Gasteiger partial charge >= 0.3 is 0 Å². The number of thiophene rings is 1. The third kappa shape index (κ3) is 4.87. The number of benzene rings is 2. The monoisotopic (exact) mass is 540 g/mol. The molecule has 34 heavy (non-hydrogen) atoms. The summed E-state index contributed by atoms with van der Waals surface area (Å²) in [6, 6.07) is 11.4. The van der Waals surface area contributed by atoms with Crippen LogP contribution in [-0.4, -0.2) is 35.9 Å². The van der Waals surface area contributed by atoms with Crippen molar-refractivity contribution in [2.24, 2.45) is 5.10 Å². The van der Waals surface area contributed by atoms with E-state index in [9.17, 15) is 9.59 Å². The van der Waals surface area contributed by atoms with Crippen LogP contribution in [0.3, 0.4) is 0 Å². The van der Waals surface area contributed by atoms with Gasteiger partial charge in [-0.15, -0.1) is 11.3 Å². The molecular weight excluding hydrogens is 520 g/mol. The molecule has 0 aliphatic heterocycles. The number of nitrogens with one attached hydrogen (secondary N) is 1. The van der Waals surface area contributed by atoms with Crippen LogP contribution in [0.5, 0.6) is 11.5 Å². The zero-order chi connectivity index (χ0) is 24.2. The fraction of sp³-hybridized carbons (Fsp3) is 0.167. The highest BCUT2D eigenvalue weighted by atomic mass is 79.9. The minimum atomic E-state index is -0.453. The number of hydrazone groups is 1. The topological polar surface area (TPSA) is 94.8 Å². The number of carbonyl (C=O) groups excluding carboxylic acids is 1. The lowest BCUT2D eigenvalue weighted by Gasteiger charge is -2.10. The average Bonchev–Trinajstić information content (AvgIpc) is 3.26. The first-order valence-corrected chi connectivity index (χ1v) is 11.9. The predicted molar refractivity (Wildman–Crippen MR) is 137 cm³/mol. The van der Waals surface area contributed by atoms with E-state index in [2.05, 4.69) is 31.4 Å². The number of aryl methyl sites for hydroxylation is 1. The number of nitrogens with zero attached hydrogens (tertiary/aromatic N) is 3. The molecule has 174 valence electrons. The van der Waals surface area contributed by atoms with E-state index in [-0.39, 0.29) is 12.1 Å². The second-order valence-electron chi connectivity index (χ2n) is 7.40. The quantitative estimate of drug-likeness (QED) is 0.277. The zero-order valence-electron chi connectivity index (χ0n) is 18.7. The van der Waals surface area contributed by atoms with Gasteiger partial charge in [-0.2, -0.15) is 5.10 Å². The van der Waals surface area contributed by atoms with Crippen LogP contribution in [0.4, 0.5) is 0 Å². The molecule has 0 unspecified atom stereocenters. The van der Waals surface area contributed by atoms with Crippen molar-refractivity contribution in [2.45, 2.75) is 13.5 Å². The second-order valence-corrected chi connectivity index (χ2v) is 9.12. The molecule has 0 aliphatic carbocycles. The van der Waals surface area contributed by atoms with Gasteiger partial charge < -0.3 is 9.47 Å². The van der Waals surface area contributed by atoms with Crippen molar-refractivity contribution in [3.63, 3.8) is 0 Å². The Hall–Kier alpha value is -3.50. The Morgan fingerprint density at radius 2 is 2.00 bits per heavy atom. The second kappa shape index (κ2) is 10.2. The molecule has 0 saturated carbocycles. The maximum atomic E-state index is 13.1. The molecule has 0 saturated heterocycles. The summed E-state index contributed by atoms with van der Waals surface area (Å²) in [5, 5.41) is 6.41. The standard InChI is InChI=1S/C24H21BrN4O4S/c1-14-4-6-16(7-5-14)17-12-34-23-21(17)24(31)29(13-26-23)11-20(30)28-27-10-15-8-18(25)22(33-3)19(9-15)32-2/h4-10,12-13H,11H2,1-3H3,(H,28,30)/b27-10+. The summed E-state index contributed by atoms with van der Waals surface area (Å²) in [6.45, 7) is 1.80. The number of fused-ring (bicyclic) bond motifs is 1. The summed E-state index contributed by atoms with van der Waals surface area (Å²) in [6.07, 6.45) is 2.86. The Kier molecular flexibility index (Phi) is 7.09. The van der Waals surface area contributed by atoms with Crippen LogP contribution in [0.2, 0.25) is 0 Å². The van der Waals surface area contributed by atoms with E-state index in [0.717, 1.165) is 16.7 Å². The smallest absolute Gasteiger partial charge is 0.263 e. The normalized spacial score (nSPS) is 11.2. The highest BCUT2D eigenvalue weighted by molar-refractivity contribution is 9.10. The first-order chi connectivity index (χ1) is 16.4. The van der Waals surface area contributed by atoms with E-state index in [1.54, 1.807) is 19.2 Å². The van der Waals surface area contributed by atoms with E-state index >= 15 is 0 Å². The van der Waals surface area contributed by atoms with Gasteiger partial charge in [-0.05, 0) is 46.1 Å². The van der Waals surface area contributed by atoms with Gasteiger partial charge in [0.1, 0.15) is 11.4 Å². The highest BCUT2D eigenvalue weighted by Crippen LogP contribution is 2.35. The summed E-state index contributed by atoms with van der Waals surface area (Å²) >= 11 is 4.82. The van der Waals surface area contributed by atoms with Gasteiger partial charge in [0.05, 0.1) is 36.6 Å². The van der Waals surface area contributed by atoms with Crippen LogP contribution in [0.1, 0.15) is 11.1 Å². The van der Waals surface area contributed by atoms with Gasteiger partial charge in [0.15, 0.2) is 11.5 Å². The maximum absolute atomic E-state index is 13.1. The van der Waals surface area contributed by atoms with Crippen molar-refractivity contribution in [3.05, 3.63) is 74.1 Å². The molecule has 0 spiro atoms. The van der Waals surface area contributed by atoms with Crippen LogP contribution in [0, 0.1) is 6.92 Å².